The van der Waals surface area contributed by atoms with E-state index in [4.69, 9.17) is 27.9 Å². The second-order valence-electron chi connectivity index (χ2n) is 4.99. The Bertz CT molecular complexity index is 613. The standard InChI is InChI=1S/C13H19Cl2N3O3S/c1-16-22(19,20)18-8-10-7-17-4-5-21-13(10)9-2-3-11(14)12(15)6-9/h2-3,6,10,13,16-18H,4-5,7-8H2,1H3/t10-,13-/m0/s1. The van der Waals surface area contributed by atoms with E-state index in [0.29, 0.717) is 29.7 Å². The number of hydrogen-bond donors (Lipinski definition) is 3. The van der Waals surface area contributed by atoms with Crippen LogP contribution < -0.4 is 14.8 Å². The maximum Gasteiger partial charge on any atom is 0.276 e. The van der Waals surface area contributed by atoms with Crippen molar-refractivity contribution in [3.05, 3.63) is 33.8 Å². The maximum absolute atomic E-state index is 11.5. The first-order chi connectivity index (χ1) is 10.4. The topological polar surface area (TPSA) is 79.5 Å². The van der Waals surface area contributed by atoms with Crippen molar-refractivity contribution in [2.45, 2.75) is 6.10 Å². The molecule has 0 aliphatic carbocycles. The Labute approximate surface area is 140 Å². The van der Waals surface area contributed by atoms with E-state index in [9.17, 15) is 8.42 Å². The molecule has 1 heterocycles. The van der Waals surface area contributed by atoms with Crippen LogP contribution in [0.2, 0.25) is 10.0 Å². The van der Waals surface area contributed by atoms with Gasteiger partial charge in [0, 0.05) is 32.6 Å². The third kappa shape index (κ3) is 4.79. The van der Waals surface area contributed by atoms with Gasteiger partial charge in [0.05, 0.1) is 22.8 Å². The molecule has 1 aromatic carbocycles. The molecule has 6 nitrogen and oxygen atoms in total. The van der Waals surface area contributed by atoms with Gasteiger partial charge in [-0.3, -0.25) is 0 Å². The largest absolute Gasteiger partial charge is 0.372 e. The van der Waals surface area contributed by atoms with Gasteiger partial charge in [0.25, 0.3) is 10.2 Å². The summed E-state index contributed by atoms with van der Waals surface area (Å²) in [6.45, 7) is 2.14. The Morgan fingerprint density at radius 2 is 2.14 bits per heavy atom. The molecule has 0 amide bonds. The molecule has 3 N–H and O–H groups in total. The van der Waals surface area contributed by atoms with Crippen LogP contribution in [0.3, 0.4) is 0 Å². The molecule has 0 bridgehead atoms. The Morgan fingerprint density at radius 3 is 2.82 bits per heavy atom. The van der Waals surface area contributed by atoms with E-state index < -0.39 is 10.2 Å². The highest BCUT2D eigenvalue weighted by atomic mass is 35.5. The molecule has 0 saturated carbocycles. The van der Waals surface area contributed by atoms with Crippen molar-refractivity contribution in [3.8, 4) is 0 Å². The minimum Gasteiger partial charge on any atom is -0.372 e. The van der Waals surface area contributed by atoms with Crippen LogP contribution in [0.5, 0.6) is 0 Å². The van der Waals surface area contributed by atoms with Gasteiger partial charge in [-0.15, -0.1) is 0 Å². The van der Waals surface area contributed by atoms with Gasteiger partial charge in [0.2, 0.25) is 0 Å². The highest BCUT2D eigenvalue weighted by Crippen LogP contribution is 2.31. The minimum atomic E-state index is -3.48. The van der Waals surface area contributed by atoms with Crippen molar-refractivity contribution >= 4 is 33.4 Å². The molecule has 1 saturated heterocycles. The fourth-order valence-corrected chi connectivity index (χ4v) is 3.20. The molecule has 0 aromatic heterocycles. The first-order valence-electron chi connectivity index (χ1n) is 6.88. The molecule has 124 valence electrons. The Hall–Kier alpha value is -0.410. The Morgan fingerprint density at radius 1 is 1.36 bits per heavy atom. The summed E-state index contributed by atoms with van der Waals surface area (Å²) in [6.07, 6.45) is -0.260. The minimum absolute atomic E-state index is 0.0668. The second kappa shape index (κ2) is 7.92. The van der Waals surface area contributed by atoms with E-state index in [1.165, 1.54) is 7.05 Å². The van der Waals surface area contributed by atoms with Crippen molar-refractivity contribution in [3.63, 3.8) is 0 Å². The van der Waals surface area contributed by atoms with Crippen LogP contribution in [0.15, 0.2) is 18.2 Å². The van der Waals surface area contributed by atoms with Crippen molar-refractivity contribution in [2.75, 3.05) is 33.3 Å². The molecule has 1 aliphatic rings. The molecule has 1 aliphatic heterocycles. The highest BCUT2D eigenvalue weighted by molar-refractivity contribution is 7.87. The summed E-state index contributed by atoms with van der Waals surface area (Å²) in [5.74, 6) is -0.0668. The number of rotatable bonds is 5. The van der Waals surface area contributed by atoms with Crippen LogP contribution in [0, 0.1) is 5.92 Å². The van der Waals surface area contributed by atoms with Crippen LogP contribution >= 0.6 is 23.2 Å². The average Bonchev–Trinajstić information content (AvgIpc) is 2.73. The molecular formula is C13H19Cl2N3O3S. The van der Waals surface area contributed by atoms with Crippen molar-refractivity contribution in [1.82, 2.24) is 14.8 Å². The zero-order valence-corrected chi connectivity index (χ0v) is 14.4. The Kier molecular flexibility index (Phi) is 6.46. The lowest BCUT2D eigenvalue weighted by Gasteiger charge is -2.25. The normalized spacial score (nSPS) is 23.2. The monoisotopic (exact) mass is 367 g/mol. The predicted octanol–water partition coefficient (Wildman–Crippen LogP) is 1.32. The van der Waals surface area contributed by atoms with Crippen LogP contribution in [-0.2, 0) is 14.9 Å². The first kappa shape index (κ1) is 17.9. The third-order valence-electron chi connectivity index (χ3n) is 3.49. The smallest absolute Gasteiger partial charge is 0.276 e. The summed E-state index contributed by atoms with van der Waals surface area (Å²) in [4.78, 5) is 0. The zero-order chi connectivity index (χ0) is 16.2. The van der Waals surface area contributed by atoms with E-state index in [2.05, 4.69) is 14.8 Å². The summed E-state index contributed by atoms with van der Waals surface area (Å²) in [5, 5.41) is 4.17. The number of ether oxygens (including phenoxy) is 1. The fraction of sp³-hybridized carbons (Fsp3) is 0.538. The molecule has 0 spiro atoms. The van der Waals surface area contributed by atoms with Crippen LogP contribution in [0.4, 0.5) is 0 Å². The number of nitrogens with one attached hydrogen (secondary N) is 3. The van der Waals surface area contributed by atoms with Crippen LogP contribution in [-0.4, -0.2) is 41.7 Å². The number of benzene rings is 1. The van der Waals surface area contributed by atoms with Crippen molar-refractivity contribution in [2.24, 2.45) is 5.92 Å². The van der Waals surface area contributed by atoms with Gasteiger partial charge >= 0.3 is 0 Å². The third-order valence-corrected chi connectivity index (χ3v) is 5.31. The van der Waals surface area contributed by atoms with E-state index >= 15 is 0 Å². The van der Waals surface area contributed by atoms with Crippen molar-refractivity contribution in [1.29, 1.82) is 0 Å². The van der Waals surface area contributed by atoms with Gasteiger partial charge in [-0.1, -0.05) is 29.3 Å². The molecule has 22 heavy (non-hydrogen) atoms. The summed E-state index contributed by atoms with van der Waals surface area (Å²) in [5.41, 5.74) is 0.881. The second-order valence-corrected chi connectivity index (χ2v) is 7.50. The van der Waals surface area contributed by atoms with Gasteiger partial charge in [-0.2, -0.15) is 8.42 Å². The number of halogens is 2. The summed E-state index contributed by atoms with van der Waals surface area (Å²) >= 11 is 12.0. The SMILES string of the molecule is CNS(=O)(=O)NC[C@@H]1CNCCO[C@H]1c1ccc(Cl)c(Cl)c1. The van der Waals surface area contributed by atoms with Gasteiger partial charge in [-0.25, -0.2) is 9.44 Å². The van der Waals surface area contributed by atoms with Crippen LogP contribution in [0.25, 0.3) is 0 Å². The molecule has 0 radical (unpaired) electrons. The first-order valence-corrected chi connectivity index (χ1v) is 9.12. The van der Waals surface area contributed by atoms with E-state index in [1.54, 1.807) is 12.1 Å². The lowest BCUT2D eigenvalue weighted by atomic mass is 9.95. The predicted molar refractivity (Wildman–Crippen MR) is 87.5 cm³/mol. The van der Waals surface area contributed by atoms with E-state index in [1.807, 2.05) is 6.07 Å². The zero-order valence-electron chi connectivity index (χ0n) is 12.1. The van der Waals surface area contributed by atoms with Gasteiger partial charge < -0.3 is 10.1 Å². The number of hydrogen-bond acceptors (Lipinski definition) is 4. The highest BCUT2D eigenvalue weighted by Gasteiger charge is 2.27. The summed E-state index contributed by atoms with van der Waals surface area (Å²) < 4.78 is 33.7. The molecule has 2 atom stereocenters. The van der Waals surface area contributed by atoms with E-state index in [0.717, 1.165) is 5.56 Å². The summed E-state index contributed by atoms with van der Waals surface area (Å²) in [6, 6.07) is 5.33. The average molecular weight is 368 g/mol. The maximum atomic E-state index is 11.5. The molecule has 1 fully saturated rings. The van der Waals surface area contributed by atoms with Gasteiger partial charge in [0.1, 0.15) is 0 Å². The molecular weight excluding hydrogens is 349 g/mol. The molecule has 0 unspecified atom stereocenters. The lowest BCUT2D eigenvalue weighted by molar-refractivity contribution is 0.0322. The lowest BCUT2D eigenvalue weighted by Crippen LogP contribution is -2.40. The quantitative estimate of drug-likeness (QED) is 0.733. The van der Waals surface area contributed by atoms with Gasteiger partial charge in [-0.05, 0) is 17.7 Å². The molecule has 2 rings (SSSR count). The van der Waals surface area contributed by atoms with Crippen LogP contribution in [0.1, 0.15) is 11.7 Å². The fourth-order valence-electron chi connectivity index (χ4n) is 2.31. The molecule has 1 aromatic rings. The summed E-state index contributed by atoms with van der Waals surface area (Å²) in [7, 11) is -2.12. The van der Waals surface area contributed by atoms with Gasteiger partial charge in [0.15, 0.2) is 0 Å². The van der Waals surface area contributed by atoms with Crippen molar-refractivity contribution < 1.29 is 13.2 Å². The Balaban J connectivity index is 2.18. The van der Waals surface area contributed by atoms with E-state index in [-0.39, 0.29) is 18.6 Å². The molecule has 9 heteroatoms.